The monoisotopic (exact) mass is 402 g/mol. The van der Waals surface area contributed by atoms with E-state index in [1.165, 1.54) is 0 Å². The van der Waals surface area contributed by atoms with E-state index in [2.05, 4.69) is 21.9 Å². The maximum Gasteiger partial charge on any atom is 0.279 e. The number of hydrogen-bond donors (Lipinski definition) is 1. The highest BCUT2D eigenvalue weighted by atomic mass is 35.5. The number of amides is 1. The van der Waals surface area contributed by atoms with Crippen molar-refractivity contribution in [2.45, 2.75) is 25.4 Å². The maximum absolute atomic E-state index is 13.2. The summed E-state index contributed by atoms with van der Waals surface area (Å²) in [6.07, 6.45) is 4.17. The first-order valence-corrected chi connectivity index (χ1v) is 9.89. The van der Waals surface area contributed by atoms with Crippen molar-refractivity contribution in [3.05, 3.63) is 70.7 Å². The predicted molar refractivity (Wildman–Crippen MR) is 112 cm³/mol. The predicted octanol–water partition coefficient (Wildman–Crippen LogP) is 4.14. The van der Waals surface area contributed by atoms with E-state index in [1.54, 1.807) is 16.2 Å². The topological polar surface area (TPSA) is 50.2 Å². The molecule has 4 rings (SSSR count). The van der Waals surface area contributed by atoms with Crippen LogP contribution in [0.25, 0.3) is 0 Å². The molecule has 142 valence electrons. The van der Waals surface area contributed by atoms with Crippen LogP contribution in [0.5, 0.6) is 0 Å². The molecule has 1 aliphatic heterocycles. The van der Waals surface area contributed by atoms with Gasteiger partial charge in [0.2, 0.25) is 0 Å². The molecule has 7 heteroatoms. The lowest BCUT2D eigenvalue weighted by atomic mass is 10.1. The first-order valence-electron chi connectivity index (χ1n) is 8.95. The Morgan fingerprint density at radius 1 is 1.26 bits per heavy atom. The van der Waals surface area contributed by atoms with Crippen molar-refractivity contribution in [2.24, 2.45) is 0 Å². The number of para-hydroxylation sites is 1. The summed E-state index contributed by atoms with van der Waals surface area (Å²) < 4.78 is 1.94. The van der Waals surface area contributed by atoms with Gasteiger partial charge in [-0.25, -0.2) is 0 Å². The number of carbonyl (C=O) groups excluding carboxylic acids is 1. The quantitative estimate of drug-likeness (QED) is 0.697. The normalized spacial score (nSPS) is 16.5. The third-order valence-electron chi connectivity index (χ3n) is 4.71. The molecule has 0 saturated carbocycles. The van der Waals surface area contributed by atoms with Gasteiger partial charge in [-0.1, -0.05) is 18.2 Å². The van der Waals surface area contributed by atoms with Gasteiger partial charge in [0.05, 0.1) is 12.6 Å². The van der Waals surface area contributed by atoms with Crippen LogP contribution in [0, 0.1) is 0 Å². The van der Waals surface area contributed by atoms with E-state index in [0.29, 0.717) is 18.3 Å². The molecule has 27 heavy (non-hydrogen) atoms. The average Bonchev–Trinajstić information content (AvgIpc) is 3.39. The van der Waals surface area contributed by atoms with Crippen LogP contribution in [-0.4, -0.2) is 28.8 Å². The molecule has 1 N–H and O–H groups in total. The van der Waals surface area contributed by atoms with E-state index in [1.807, 2.05) is 52.7 Å². The molecule has 0 bridgehead atoms. The Morgan fingerprint density at radius 3 is 2.81 bits per heavy atom. The number of piperidine rings is 1. The zero-order chi connectivity index (χ0) is 17.8. The molecule has 0 spiro atoms. The zero-order valence-electron chi connectivity index (χ0n) is 15.0. The van der Waals surface area contributed by atoms with Gasteiger partial charge in [-0.05, 0) is 60.0 Å². The number of thiophene rings is 1. The maximum atomic E-state index is 13.2. The molecule has 1 unspecified atom stereocenters. The zero-order valence-corrected chi connectivity index (χ0v) is 16.6. The average molecular weight is 403 g/mol. The largest absolute Gasteiger partial charge is 0.315 e. The molecular formula is C20H23ClN4OS. The van der Waals surface area contributed by atoms with Crippen LogP contribution in [0.2, 0.25) is 0 Å². The van der Waals surface area contributed by atoms with E-state index in [9.17, 15) is 4.79 Å². The van der Waals surface area contributed by atoms with Crippen LogP contribution >= 0.6 is 23.7 Å². The molecule has 0 aliphatic carbocycles. The number of anilines is 1. The van der Waals surface area contributed by atoms with Crippen molar-refractivity contribution in [3.8, 4) is 0 Å². The van der Waals surface area contributed by atoms with Gasteiger partial charge in [0.15, 0.2) is 5.69 Å². The highest BCUT2D eigenvalue weighted by molar-refractivity contribution is 7.07. The lowest BCUT2D eigenvalue weighted by molar-refractivity contribution is 0.0979. The van der Waals surface area contributed by atoms with Crippen molar-refractivity contribution in [1.82, 2.24) is 15.1 Å². The van der Waals surface area contributed by atoms with Crippen LogP contribution in [0.1, 0.15) is 34.9 Å². The Balaban J connectivity index is 0.00000210. The van der Waals surface area contributed by atoms with Crippen molar-refractivity contribution in [3.63, 3.8) is 0 Å². The summed E-state index contributed by atoms with van der Waals surface area (Å²) in [6.45, 7) is 2.52. The first kappa shape index (κ1) is 19.6. The molecule has 3 aromatic rings. The van der Waals surface area contributed by atoms with Gasteiger partial charge in [-0.15, -0.1) is 12.4 Å². The lowest BCUT2D eigenvalue weighted by Gasteiger charge is -2.23. The highest BCUT2D eigenvalue weighted by Crippen LogP contribution is 2.22. The second-order valence-corrected chi connectivity index (χ2v) is 7.32. The van der Waals surface area contributed by atoms with Crippen LogP contribution in [0.15, 0.2) is 59.4 Å². The minimum atomic E-state index is -0.0649. The fourth-order valence-electron chi connectivity index (χ4n) is 3.31. The fraction of sp³-hybridized carbons (Fsp3) is 0.300. The van der Waals surface area contributed by atoms with Gasteiger partial charge in [-0.2, -0.15) is 16.4 Å². The van der Waals surface area contributed by atoms with E-state index in [-0.39, 0.29) is 18.3 Å². The van der Waals surface area contributed by atoms with Crippen LogP contribution in [0.3, 0.4) is 0 Å². The Bertz CT molecular complexity index is 844. The van der Waals surface area contributed by atoms with Crippen LogP contribution in [0.4, 0.5) is 5.69 Å². The van der Waals surface area contributed by atoms with E-state index >= 15 is 0 Å². The van der Waals surface area contributed by atoms with Gasteiger partial charge in [-0.3, -0.25) is 9.48 Å². The van der Waals surface area contributed by atoms with Crippen molar-refractivity contribution in [2.75, 3.05) is 18.0 Å². The first-order chi connectivity index (χ1) is 12.8. The number of benzene rings is 1. The van der Waals surface area contributed by atoms with Gasteiger partial charge < -0.3 is 10.2 Å². The molecule has 0 radical (unpaired) electrons. The number of nitrogens with one attached hydrogen (secondary N) is 1. The Labute approximate surface area is 169 Å². The lowest BCUT2D eigenvalue weighted by Crippen LogP contribution is -2.33. The molecule has 1 aliphatic rings. The summed E-state index contributed by atoms with van der Waals surface area (Å²) in [7, 11) is 0. The van der Waals surface area contributed by atoms with Gasteiger partial charge in [0, 0.05) is 18.4 Å². The van der Waals surface area contributed by atoms with Gasteiger partial charge in [0.1, 0.15) is 0 Å². The number of rotatable bonds is 5. The smallest absolute Gasteiger partial charge is 0.279 e. The number of halogens is 1. The second-order valence-electron chi connectivity index (χ2n) is 6.54. The molecule has 3 heterocycles. The number of carbonyl (C=O) groups is 1. The van der Waals surface area contributed by atoms with Crippen molar-refractivity contribution >= 4 is 35.3 Å². The summed E-state index contributed by atoms with van der Waals surface area (Å²) in [5.41, 5.74) is 2.51. The Kier molecular flexibility index (Phi) is 6.66. The Morgan fingerprint density at radius 2 is 2.11 bits per heavy atom. The molecule has 5 nitrogen and oxygen atoms in total. The summed E-state index contributed by atoms with van der Waals surface area (Å²) in [5.74, 6) is -0.0649. The SMILES string of the molecule is Cl.O=C(c1ccn(C2CCCNC2)n1)N(Cc1ccsc1)c1ccccc1. The van der Waals surface area contributed by atoms with Crippen molar-refractivity contribution in [1.29, 1.82) is 0 Å². The van der Waals surface area contributed by atoms with Crippen molar-refractivity contribution < 1.29 is 4.79 Å². The second kappa shape index (κ2) is 9.17. The molecule has 1 fully saturated rings. The van der Waals surface area contributed by atoms with Crippen LogP contribution in [-0.2, 0) is 6.54 Å². The number of hydrogen-bond acceptors (Lipinski definition) is 4. The minimum Gasteiger partial charge on any atom is -0.315 e. The molecule has 1 aromatic carbocycles. The van der Waals surface area contributed by atoms with E-state index in [0.717, 1.165) is 37.2 Å². The van der Waals surface area contributed by atoms with Gasteiger partial charge in [0.25, 0.3) is 5.91 Å². The fourth-order valence-corrected chi connectivity index (χ4v) is 3.97. The molecule has 2 aromatic heterocycles. The summed E-state index contributed by atoms with van der Waals surface area (Å²) in [4.78, 5) is 15.0. The third-order valence-corrected chi connectivity index (χ3v) is 5.44. The van der Waals surface area contributed by atoms with E-state index in [4.69, 9.17) is 0 Å². The molecular weight excluding hydrogens is 380 g/mol. The standard InChI is InChI=1S/C20H22N4OS.ClH/c25-20(19-8-11-24(22-19)18-7-4-10-21-13-18)23(14-16-9-12-26-15-16)17-5-2-1-3-6-17;/h1-3,5-6,8-9,11-12,15,18,21H,4,7,10,13-14H2;1H. The molecule has 1 amide bonds. The summed E-state index contributed by atoms with van der Waals surface area (Å²) in [6, 6.07) is 14.0. The summed E-state index contributed by atoms with van der Waals surface area (Å²) in [5, 5.41) is 12.1. The van der Waals surface area contributed by atoms with Gasteiger partial charge >= 0.3 is 0 Å². The number of nitrogens with zero attached hydrogens (tertiary/aromatic N) is 3. The molecule has 1 saturated heterocycles. The van der Waals surface area contributed by atoms with E-state index < -0.39 is 0 Å². The number of aromatic nitrogens is 2. The summed E-state index contributed by atoms with van der Waals surface area (Å²) >= 11 is 1.64. The molecule has 1 atom stereocenters. The highest BCUT2D eigenvalue weighted by Gasteiger charge is 2.22. The third kappa shape index (κ3) is 4.58. The Hall–Kier alpha value is -2.15. The van der Waals surface area contributed by atoms with Crippen LogP contribution < -0.4 is 10.2 Å². The minimum absolute atomic E-state index is 0.